The Bertz CT molecular complexity index is 399. The van der Waals surface area contributed by atoms with Crippen molar-refractivity contribution in [3.63, 3.8) is 0 Å². The molecule has 0 saturated carbocycles. The molecule has 0 aliphatic heterocycles. The van der Waals surface area contributed by atoms with Crippen LogP contribution in [0.15, 0.2) is 24.3 Å². The second-order valence-corrected chi connectivity index (χ2v) is 3.98. The first-order valence-electron chi connectivity index (χ1n) is 5.35. The number of benzene rings is 1. The predicted molar refractivity (Wildman–Crippen MR) is 65.2 cm³/mol. The number of aliphatic carboxylic acids is 1. The van der Waals surface area contributed by atoms with Gasteiger partial charge in [-0.25, -0.2) is 4.79 Å². The van der Waals surface area contributed by atoms with E-state index in [0.717, 1.165) is 0 Å². The summed E-state index contributed by atoms with van der Waals surface area (Å²) < 4.78 is 0. The molecule has 1 rings (SSSR count). The first kappa shape index (κ1) is 13.0. The molecule has 0 saturated heterocycles. The summed E-state index contributed by atoms with van der Waals surface area (Å²) in [5.74, 6) is -0.639. The van der Waals surface area contributed by atoms with Crippen LogP contribution in [-0.4, -0.2) is 23.7 Å². The second-order valence-electron chi connectivity index (χ2n) is 3.98. The fourth-order valence-corrected chi connectivity index (χ4v) is 1.28. The molecule has 0 aliphatic rings. The molecule has 0 aromatic heterocycles. The number of nitrogens with one attached hydrogen (secondary N) is 2. The summed E-state index contributed by atoms with van der Waals surface area (Å²) in [6.45, 7) is 3.78. The molecule has 1 aromatic rings. The van der Waals surface area contributed by atoms with E-state index in [2.05, 4.69) is 24.5 Å². The highest BCUT2D eigenvalue weighted by atomic mass is 16.4. The minimum absolute atomic E-state index is 0.393. The van der Waals surface area contributed by atoms with Gasteiger partial charge in [-0.2, -0.15) is 0 Å². The van der Waals surface area contributed by atoms with Gasteiger partial charge in [0.15, 0.2) is 0 Å². The highest BCUT2D eigenvalue weighted by molar-refractivity contribution is 5.91. The van der Waals surface area contributed by atoms with Crippen molar-refractivity contribution in [3.8, 4) is 0 Å². The number of hydrogen-bond donors (Lipinski definition) is 3. The van der Waals surface area contributed by atoms with Crippen LogP contribution in [0.3, 0.4) is 0 Å². The Morgan fingerprint density at radius 2 is 1.82 bits per heavy atom. The van der Waals surface area contributed by atoms with Gasteiger partial charge in [0.2, 0.25) is 0 Å². The SMILES string of the molecule is CC(C)c1ccc(NC(=O)NCC(=O)O)cc1. The Morgan fingerprint density at radius 1 is 1.24 bits per heavy atom. The zero-order valence-electron chi connectivity index (χ0n) is 9.86. The number of rotatable bonds is 4. The van der Waals surface area contributed by atoms with Crippen molar-refractivity contribution >= 4 is 17.7 Å². The van der Waals surface area contributed by atoms with Crippen LogP contribution in [0.25, 0.3) is 0 Å². The summed E-state index contributed by atoms with van der Waals surface area (Å²) in [6.07, 6.45) is 0. The summed E-state index contributed by atoms with van der Waals surface area (Å²) in [5.41, 5.74) is 1.82. The summed E-state index contributed by atoms with van der Waals surface area (Å²) in [5, 5.41) is 13.2. The van der Waals surface area contributed by atoms with Crippen LogP contribution in [0.4, 0.5) is 10.5 Å². The molecular weight excluding hydrogens is 220 g/mol. The maximum atomic E-state index is 11.3. The third kappa shape index (κ3) is 4.55. The molecule has 1 aromatic carbocycles. The maximum Gasteiger partial charge on any atom is 0.323 e. The molecule has 0 heterocycles. The molecule has 0 aliphatic carbocycles. The monoisotopic (exact) mass is 236 g/mol. The summed E-state index contributed by atoms with van der Waals surface area (Å²) in [4.78, 5) is 21.5. The van der Waals surface area contributed by atoms with Crippen molar-refractivity contribution in [2.45, 2.75) is 19.8 Å². The number of carbonyl (C=O) groups is 2. The molecule has 0 unspecified atom stereocenters. The molecule has 92 valence electrons. The van der Waals surface area contributed by atoms with E-state index in [4.69, 9.17) is 5.11 Å². The molecule has 5 nitrogen and oxygen atoms in total. The van der Waals surface area contributed by atoms with Gasteiger partial charge in [0.1, 0.15) is 6.54 Å². The van der Waals surface area contributed by atoms with Crippen LogP contribution >= 0.6 is 0 Å². The van der Waals surface area contributed by atoms with Gasteiger partial charge in [0, 0.05) is 5.69 Å². The number of carboxylic acid groups (broad SMARTS) is 1. The van der Waals surface area contributed by atoms with Crippen LogP contribution in [0, 0.1) is 0 Å². The van der Waals surface area contributed by atoms with E-state index in [-0.39, 0.29) is 0 Å². The summed E-state index contributed by atoms with van der Waals surface area (Å²) in [6, 6.07) is 6.91. The lowest BCUT2D eigenvalue weighted by molar-refractivity contribution is -0.135. The van der Waals surface area contributed by atoms with E-state index in [0.29, 0.717) is 11.6 Å². The first-order chi connectivity index (χ1) is 7.99. The number of amides is 2. The van der Waals surface area contributed by atoms with E-state index in [1.165, 1.54) is 5.56 Å². The van der Waals surface area contributed by atoms with E-state index in [9.17, 15) is 9.59 Å². The molecule has 5 heteroatoms. The van der Waals surface area contributed by atoms with Gasteiger partial charge in [-0.3, -0.25) is 4.79 Å². The van der Waals surface area contributed by atoms with Crippen molar-refractivity contribution in [1.29, 1.82) is 0 Å². The molecule has 17 heavy (non-hydrogen) atoms. The average Bonchev–Trinajstić information content (AvgIpc) is 2.27. The van der Waals surface area contributed by atoms with Gasteiger partial charge in [-0.05, 0) is 23.6 Å². The Labute approximate surface area is 99.8 Å². The van der Waals surface area contributed by atoms with Gasteiger partial charge in [0.05, 0.1) is 0 Å². The molecule has 3 N–H and O–H groups in total. The summed E-state index contributed by atoms with van der Waals surface area (Å²) in [7, 11) is 0. The van der Waals surface area contributed by atoms with Crippen LogP contribution < -0.4 is 10.6 Å². The third-order valence-electron chi connectivity index (χ3n) is 2.24. The fourth-order valence-electron chi connectivity index (χ4n) is 1.28. The number of anilines is 1. The predicted octanol–water partition coefficient (Wildman–Crippen LogP) is 2.02. The quantitative estimate of drug-likeness (QED) is 0.748. The van der Waals surface area contributed by atoms with Crippen molar-refractivity contribution in [2.75, 3.05) is 11.9 Å². The zero-order chi connectivity index (χ0) is 12.8. The van der Waals surface area contributed by atoms with Gasteiger partial charge in [-0.15, -0.1) is 0 Å². The van der Waals surface area contributed by atoms with Gasteiger partial charge >= 0.3 is 12.0 Å². The van der Waals surface area contributed by atoms with E-state index in [1.54, 1.807) is 12.1 Å². The van der Waals surface area contributed by atoms with Crippen LogP contribution in [0.5, 0.6) is 0 Å². The van der Waals surface area contributed by atoms with Crippen LogP contribution in [0.1, 0.15) is 25.3 Å². The van der Waals surface area contributed by atoms with E-state index >= 15 is 0 Å². The third-order valence-corrected chi connectivity index (χ3v) is 2.24. The molecule has 0 bridgehead atoms. The molecule has 2 amide bonds. The largest absolute Gasteiger partial charge is 0.480 e. The van der Waals surface area contributed by atoms with Crippen LogP contribution in [0.2, 0.25) is 0 Å². The smallest absolute Gasteiger partial charge is 0.323 e. The lowest BCUT2D eigenvalue weighted by Gasteiger charge is -2.08. The van der Waals surface area contributed by atoms with Gasteiger partial charge in [0.25, 0.3) is 0 Å². The normalized spacial score (nSPS) is 10.1. The number of carbonyl (C=O) groups excluding carboxylic acids is 1. The molecular formula is C12H16N2O3. The Hall–Kier alpha value is -2.04. The zero-order valence-corrected chi connectivity index (χ0v) is 9.86. The van der Waals surface area contributed by atoms with Gasteiger partial charge in [-0.1, -0.05) is 26.0 Å². The molecule has 0 spiro atoms. The van der Waals surface area contributed by atoms with E-state index in [1.807, 2.05) is 12.1 Å². The summed E-state index contributed by atoms with van der Waals surface area (Å²) >= 11 is 0. The Kier molecular flexibility index (Phi) is 4.51. The topological polar surface area (TPSA) is 78.4 Å². The molecule has 0 radical (unpaired) electrons. The number of urea groups is 1. The minimum Gasteiger partial charge on any atom is -0.480 e. The number of carboxylic acids is 1. The lowest BCUT2D eigenvalue weighted by Crippen LogP contribution is -2.33. The average molecular weight is 236 g/mol. The minimum atomic E-state index is -1.07. The second kappa shape index (κ2) is 5.89. The lowest BCUT2D eigenvalue weighted by atomic mass is 10.0. The standard InChI is InChI=1S/C12H16N2O3/c1-8(2)9-3-5-10(6-4-9)14-12(17)13-7-11(15)16/h3-6,8H,7H2,1-2H3,(H,15,16)(H2,13,14,17). The highest BCUT2D eigenvalue weighted by Crippen LogP contribution is 2.16. The molecule has 0 fully saturated rings. The maximum absolute atomic E-state index is 11.3. The Morgan fingerprint density at radius 3 is 2.29 bits per heavy atom. The van der Waals surface area contributed by atoms with Crippen LogP contribution in [-0.2, 0) is 4.79 Å². The molecule has 0 atom stereocenters. The van der Waals surface area contributed by atoms with Crippen molar-refractivity contribution in [1.82, 2.24) is 5.32 Å². The number of hydrogen-bond acceptors (Lipinski definition) is 2. The van der Waals surface area contributed by atoms with Gasteiger partial charge < -0.3 is 15.7 Å². The highest BCUT2D eigenvalue weighted by Gasteiger charge is 2.04. The van der Waals surface area contributed by atoms with Crippen molar-refractivity contribution in [2.24, 2.45) is 0 Å². The fraction of sp³-hybridized carbons (Fsp3) is 0.333. The Balaban J connectivity index is 2.51. The van der Waals surface area contributed by atoms with E-state index < -0.39 is 18.5 Å². The van der Waals surface area contributed by atoms with Crippen molar-refractivity contribution in [3.05, 3.63) is 29.8 Å². The first-order valence-corrected chi connectivity index (χ1v) is 5.35. The van der Waals surface area contributed by atoms with Crippen molar-refractivity contribution < 1.29 is 14.7 Å².